The lowest BCUT2D eigenvalue weighted by Crippen LogP contribution is -2.33. The molecule has 1 heterocycles. The summed E-state index contributed by atoms with van der Waals surface area (Å²) in [4.78, 5) is 10.7. The molecular weight excluding hydrogens is 258 g/mol. The van der Waals surface area contributed by atoms with E-state index in [9.17, 15) is 0 Å². The molecule has 0 aliphatic heterocycles. The molecule has 0 atom stereocenters. The molecule has 1 aromatic heterocycles. The fourth-order valence-corrected chi connectivity index (χ4v) is 2.10. The van der Waals surface area contributed by atoms with Gasteiger partial charge >= 0.3 is 0 Å². The first-order chi connectivity index (χ1) is 8.08. The van der Waals surface area contributed by atoms with Gasteiger partial charge in [0.25, 0.3) is 0 Å². The zero-order chi connectivity index (χ0) is 12.8. The Morgan fingerprint density at radius 1 is 1.47 bits per heavy atom. The number of thioether (sulfide) groups is 1. The average molecular weight is 276 g/mol. The van der Waals surface area contributed by atoms with Crippen LogP contribution in [0.2, 0.25) is 5.15 Å². The molecule has 17 heavy (non-hydrogen) atoms. The third-order valence-corrected chi connectivity index (χ3v) is 3.06. The van der Waals surface area contributed by atoms with Gasteiger partial charge in [0.1, 0.15) is 11.0 Å². The van der Waals surface area contributed by atoms with E-state index in [1.807, 2.05) is 6.26 Å². The SMILES string of the molecule is CSc1nc(Cl)cc(N(CCCO)C(C)C)n1. The van der Waals surface area contributed by atoms with Crippen LogP contribution in [0.5, 0.6) is 0 Å². The van der Waals surface area contributed by atoms with E-state index in [4.69, 9.17) is 16.7 Å². The van der Waals surface area contributed by atoms with Gasteiger partial charge in [-0.2, -0.15) is 0 Å². The lowest BCUT2D eigenvalue weighted by Gasteiger charge is -2.27. The lowest BCUT2D eigenvalue weighted by molar-refractivity contribution is 0.288. The van der Waals surface area contributed by atoms with Crippen LogP contribution in [0.3, 0.4) is 0 Å². The Hall–Kier alpha value is -0.520. The molecule has 6 heteroatoms. The standard InChI is InChI=1S/C11H18ClN3OS/c1-8(2)15(5-4-6-16)10-7-9(12)13-11(14-10)17-3/h7-8,16H,4-6H2,1-3H3. The summed E-state index contributed by atoms with van der Waals surface area (Å²) in [6.07, 6.45) is 2.64. The van der Waals surface area contributed by atoms with Gasteiger partial charge in [0.15, 0.2) is 5.16 Å². The highest BCUT2D eigenvalue weighted by Crippen LogP contribution is 2.22. The Kier molecular flexibility index (Phi) is 6.02. The van der Waals surface area contributed by atoms with Crippen molar-refractivity contribution in [1.82, 2.24) is 9.97 Å². The van der Waals surface area contributed by atoms with Crippen LogP contribution in [-0.2, 0) is 0 Å². The number of aliphatic hydroxyl groups excluding tert-OH is 1. The lowest BCUT2D eigenvalue weighted by atomic mass is 10.3. The maximum Gasteiger partial charge on any atom is 0.190 e. The van der Waals surface area contributed by atoms with E-state index in [1.54, 1.807) is 6.07 Å². The summed E-state index contributed by atoms with van der Waals surface area (Å²) in [7, 11) is 0. The smallest absolute Gasteiger partial charge is 0.190 e. The minimum atomic E-state index is 0.178. The zero-order valence-corrected chi connectivity index (χ0v) is 11.9. The largest absolute Gasteiger partial charge is 0.396 e. The van der Waals surface area contributed by atoms with Gasteiger partial charge in [0.2, 0.25) is 0 Å². The normalized spacial score (nSPS) is 10.9. The topological polar surface area (TPSA) is 49.2 Å². The zero-order valence-electron chi connectivity index (χ0n) is 10.4. The van der Waals surface area contributed by atoms with Crippen molar-refractivity contribution in [2.75, 3.05) is 24.3 Å². The van der Waals surface area contributed by atoms with Crippen LogP contribution in [0.25, 0.3) is 0 Å². The molecule has 1 aromatic rings. The summed E-state index contributed by atoms with van der Waals surface area (Å²) in [5.74, 6) is 0.817. The molecule has 0 bridgehead atoms. The molecule has 0 unspecified atom stereocenters. The minimum absolute atomic E-state index is 0.178. The Morgan fingerprint density at radius 2 is 2.18 bits per heavy atom. The summed E-state index contributed by atoms with van der Waals surface area (Å²) < 4.78 is 0. The summed E-state index contributed by atoms with van der Waals surface area (Å²) in [6, 6.07) is 2.07. The van der Waals surface area contributed by atoms with Gasteiger partial charge in [-0.05, 0) is 26.5 Å². The van der Waals surface area contributed by atoms with Gasteiger partial charge < -0.3 is 10.0 Å². The van der Waals surface area contributed by atoms with Crippen LogP contribution < -0.4 is 4.90 Å². The number of hydrogen-bond donors (Lipinski definition) is 1. The molecule has 0 radical (unpaired) electrons. The number of hydrogen-bond acceptors (Lipinski definition) is 5. The van der Waals surface area contributed by atoms with E-state index in [0.29, 0.717) is 22.8 Å². The molecule has 0 spiro atoms. The molecule has 96 valence electrons. The molecule has 0 aliphatic rings. The van der Waals surface area contributed by atoms with E-state index in [-0.39, 0.29) is 6.61 Å². The Labute approximate surface area is 111 Å². The quantitative estimate of drug-likeness (QED) is 0.491. The molecule has 1 rings (SSSR count). The fraction of sp³-hybridized carbons (Fsp3) is 0.636. The second-order valence-corrected chi connectivity index (χ2v) is 5.06. The van der Waals surface area contributed by atoms with E-state index in [2.05, 4.69) is 28.7 Å². The Balaban J connectivity index is 2.96. The van der Waals surface area contributed by atoms with Crippen LogP contribution in [0.15, 0.2) is 11.2 Å². The van der Waals surface area contributed by atoms with Gasteiger partial charge in [-0.15, -0.1) is 0 Å². The predicted octanol–water partition coefficient (Wildman–Crippen LogP) is 2.45. The minimum Gasteiger partial charge on any atom is -0.396 e. The number of anilines is 1. The maximum atomic E-state index is 8.91. The molecule has 0 amide bonds. The number of rotatable bonds is 6. The molecule has 1 N–H and O–H groups in total. The summed E-state index contributed by atoms with van der Waals surface area (Å²) in [5.41, 5.74) is 0. The molecule has 0 saturated carbocycles. The third kappa shape index (κ3) is 4.33. The van der Waals surface area contributed by atoms with Crippen molar-refractivity contribution in [2.24, 2.45) is 0 Å². The second-order valence-electron chi connectivity index (χ2n) is 3.90. The summed E-state index contributed by atoms with van der Waals surface area (Å²) in [6.45, 7) is 5.12. The molecule has 0 aliphatic carbocycles. The number of aromatic nitrogens is 2. The first-order valence-corrected chi connectivity index (χ1v) is 7.14. The Morgan fingerprint density at radius 3 is 2.71 bits per heavy atom. The molecule has 0 aromatic carbocycles. The van der Waals surface area contributed by atoms with Crippen molar-refractivity contribution in [1.29, 1.82) is 0 Å². The van der Waals surface area contributed by atoms with E-state index in [1.165, 1.54) is 11.8 Å². The average Bonchev–Trinajstić information content (AvgIpc) is 2.28. The van der Waals surface area contributed by atoms with Gasteiger partial charge in [0, 0.05) is 25.3 Å². The van der Waals surface area contributed by atoms with Gasteiger partial charge in [-0.1, -0.05) is 23.4 Å². The molecular formula is C11H18ClN3OS. The third-order valence-electron chi connectivity index (χ3n) is 2.32. The predicted molar refractivity (Wildman–Crippen MR) is 73.0 cm³/mol. The van der Waals surface area contributed by atoms with Crippen molar-refractivity contribution in [3.63, 3.8) is 0 Å². The fourth-order valence-electron chi connectivity index (χ4n) is 1.50. The summed E-state index contributed by atoms with van der Waals surface area (Å²) in [5, 5.41) is 10.0. The van der Waals surface area contributed by atoms with Gasteiger partial charge in [-0.3, -0.25) is 0 Å². The highest BCUT2D eigenvalue weighted by atomic mass is 35.5. The van der Waals surface area contributed by atoms with Crippen molar-refractivity contribution in [2.45, 2.75) is 31.5 Å². The van der Waals surface area contributed by atoms with Crippen molar-refractivity contribution in [3.8, 4) is 0 Å². The first-order valence-electron chi connectivity index (χ1n) is 5.54. The first kappa shape index (κ1) is 14.5. The van der Waals surface area contributed by atoms with Crippen LogP contribution in [0.4, 0.5) is 5.82 Å². The van der Waals surface area contributed by atoms with Gasteiger partial charge in [0.05, 0.1) is 0 Å². The van der Waals surface area contributed by atoms with E-state index < -0.39 is 0 Å². The van der Waals surface area contributed by atoms with E-state index in [0.717, 1.165) is 12.4 Å². The number of nitrogens with zero attached hydrogens (tertiary/aromatic N) is 3. The van der Waals surface area contributed by atoms with Crippen LogP contribution in [-0.4, -0.2) is 40.5 Å². The monoisotopic (exact) mass is 275 g/mol. The van der Waals surface area contributed by atoms with Gasteiger partial charge in [-0.25, -0.2) is 9.97 Å². The van der Waals surface area contributed by atoms with Crippen LogP contribution >= 0.6 is 23.4 Å². The number of halogens is 1. The highest BCUT2D eigenvalue weighted by Gasteiger charge is 2.13. The number of aliphatic hydroxyl groups is 1. The van der Waals surface area contributed by atoms with Crippen molar-refractivity contribution < 1.29 is 5.11 Å². The highest BCUT2D eigenvalue weighted by molar-refractivity contribution is 7.98. The molecule has 0 saturated heterocycles. The van der Waals surface area contributed by atoms with E-state index >= 15 is 0 Å². The van der Waals surface area contributed by atoms with Crippen LogP contribution in [0, 0.1) is 0 Å². The second kappa shape index (κ2) is 7.03. The molecule has 0 fully saturated rings. The van der Waals surface area contributed by atoms with Crippen molar-refractivity contribution >= 4 is 29.2 Å². The van der Waals surface area contributed by atoms with Crippen molar-refractivity contribution in [3.05, 3.63) is 11.2 Å². The molecule has 4 nitrogen and oxygen atoms in total. The summed E-state index contributed by atoms with van der Waals surface area (Å²) >= 11 is 7.44. The van der Waals surface area contributed by atoms with Crippen LogP contribution in [0.1, 0.15) is 20.3 Å². The Bertz CT molecular complexity index is 363. The maximum absolute atomic E-state index is 8.91.